The van der Waals surface area contributed by atoms with Crippen LogP contribution in [0.25, 0.3) is 0 Å². The van der Waals surface area contributed by atoms with Gasteiger partial charge in [0.05, 0.1) is 13.1 Å². The third-order valence-corrected chi connectivity index (χ3v) is 6.75. The van der Waals surface area contributed by atoms with Gasteiger partial charge in [-0.3, -0.25) is 9.59 Å². The van der Waals surface area contributed by atoms with E-state index in [0.29, 0.717) is 26.2 Å². The van der Waals surface area contributed by atoms with Crippen LogP contribution in [0, 0.1) is 12.8 Å². The van der Waals surface area contributed by atoms with E-state index in [1.165, 1.54) is 10.4 Å². The largest absolute Gasteiger partial charge is 0.385 e. The number of ether oxygens (including phenoxy) is 1. The van der Waals surface area contributed by atoms with Gasteiger partial charge in [0.25, 0.3) is 0 Å². The molecule has 0 aliphatic heterocycles. The third-order valence-electron chi connectivity index (χ3n) is 5.74. The Morgan fingerprint density at radius 1 is 1.10 bits per heavy atom. The Kier molecular flexibility index (Phi) is 8.46. The highest BCUT2D eigenvalue weighted by atomic mass is 32.1. The molecule has 30 heavy (non-hydrogen) atoms. The first-order valence-corrected chi connectivity index (χ1v) is 11.6. The van der Waals surface area contributed by atoms with Gasteiger partial charge < -0.3 is 14.5 Å². The van der Waals surface area contributed by atoms with Crippen molar-refractivity contribution in [2.75, 3.05) is 26.8 Å². The van der Waals surface area contributed by atoms with Gasteiger partial charge in [-0.05, 0) is 48.8 Å². The summed E-state index contributed by atoms with van der Waals surface area (Å²) in [5.74, 6) is 0.205. The highest BCUT2D eigenvalue weighted by Gasteiger charge is 2.31. The number of amides is 2. The molecule has 6 heteroatoms. The van der Waals surface area contributed by atoms with Crippen LogP contribution in [0.1, 0.15) is 41.7 Å². The van der Waals surface area contributed by atoms with E-state index in [9.17, 15) is 9.59 Å². The molecule has 1 aliphatic rings. The highest BCUT2D eigenvalue weighted by molar-refractivity contribution is 7.10. The molecule has 3 rings (SSSR count). The van der Waals surface area contributed by atoms with Gasteiger partial charge in [0.15, 0.2) is 0 Å². The summed E-state index contributed by atoms with van der Waals surface area (Å²) in [6, 6.07) is 12.1. The fraction of sp³-hybridized carbons (Fsp3) is 0.500. The molecule has 1 fully saturated rings. The predicted octanol–water partition coefficient (Wildman–Crippen LogP) is 4.25. The lowest BCUT2D eigenvalue weighted by Gasteiger charge is -2.33. The van der Waals surface area contributed by atoms with Crippen molar-refractivity contribution in [1.29, 1.82) is 0 Å². The smallest absolute Gasteiger partial charge is 0.242 e. The second kappa shape index (κ2) is 11.3. The standard InChI is InChI=1S/C24H32N2O3S/c1-19-12-15-30-22(19)17-26(16-20-8-4-3-5-9-20)23(27)18-25(13-7-14-29-2)24(28)21-10-6-11-21/h3-5,8-9,12,15,21H,6-7,10-11,13-14,16-18H2,1-2H3. The zero-order chi connectivity index (χ0) is 21.3. The van der Waals surface area contributed by atoms with E-state index in [1.54, 1.807) is 23.3 Å². The molecule has 0 N–H and O–H groups in total. The maximum Gasteiger partial charge on any atom is 0.242 e. The summed E-state index contributed by atoms with van der Waals surface area (Å²) in [6.07, 6.45) is 3.73. The van der Waals surface area contributed by atoms with Gasteiger partial charge in [0.2, 0.25) is 11.8 Å². The Morgan fingerprint density at radius 2 is 1.87 bits per heavy atom. The number of nitrogens with zero attached hydrogens (tertiary/aromatic N) is 2. The van der Waals surface area contributed by atoms with Gasteiger partial charge in [0, 0.05) is 37.6 Å². The molecular weight excluding hydrogens is 396 g/mol. The molecule has 0 spiro atoms. The molecule has 0 unspecified atom stereocenters. The summed E-state index contributed by atoms with van der Waals surface area (Å²) in [7, 11) is 1.66. The predicted molar refractivity (Wildman–Crippen MR) is 120 cm³/mol. The number of rotatable bonds is 11. The molecule has 1 aliphatic carbocycles. The normalized spacial score (nSPS) is 13.7. The van der Waals surface area contributed by atoms with Gasteiger partial charge in [-0.1, -0.05) is 36.8 Å². The van der Waals surface area contributed by atoms with Crippen LogP contribution in [0.15, 0.2) is 41.8 Å². The molecule has 0 radical (unpaired) electrons. The van der Waals surface area contributed by atoms with E-state index in [-0.39, 0.29) is 24.3 Å². The van der Waals surface area contributed by atoms with E-state index in [0.717, 1.165) is 31.2 Å². The number of methoxy groups -OCH3 is 1. The van der Waals surface area contributed by atoms with Crippen LogP contribution in [0.2, 0.25) is 0 Å². The molecule has 1 aromatic heterocycles. The average Bonchev–Trinajstić information content (AvgIpc) is 3.10. The van der Waals surface area contributed by atoms with Gasteiger partial charge >= 0.3 is 0 Å². The molecule has 162 valence electrons. The lowest BCUT2D eigenvalue weighted by Crippen LogP contribution is -2.46. The van der Waals surface area contributed by atoms with Crippen molar-refractivity contribution < 1.29 is 14.3 Å². The van der Waals surface area contributed by atoms with E-state index in [1.807, 2.05) is 35.2 Å². The lowest BCUT2D eigenvalue weighted by atomic mass is 9.84. The van der Waals surface area contributed by atoms with Crippen LogP contribution >= 0.6 is 11.3 Å². The number of thiophene rings is 1. The second-order valence-electron chi connectivity index (χ2n) is 8.00. The first-order valence-electron chi connectivity index (χ1n) is 10.7. The number of carbonyl (C=O) groups excluding carboxylic acids is 2. The van der Waals surface area contributed by atoms with E-state index >= 15 is 0 Å². The average molecular weight is 429 g/mol. The highest BCUT2D eigenvalue weighted by Crippen LogP contribution is 2.28. The Morgan fingerprint density at radius 3 is 2.47 bits per heavy atom. The van der Waals surface area contributed by atoms with Crippen LogP contribution in [-0.2, 0) is 27.4 Å². The van der Waals surface area contributed by atoms with Gasteiger partial charge in [-0.2, -0.15) is 0 Å². The minimum atomic E-state index is -0.00302. The van der Waals surface area contributed by atoms with E-state index in [2.05, 4.69) is 18.4 Å². The van der Waals surface area contributed by atoms with Crippen molar-refractivity contribution in [1.82, 2.24) is 9.80 Å². The summed E-state index contributed by atoms with van der Waals surface area (Å²) in [5, 5.41) is 2.06. The molecule has 2 aromatic rings. The summed E-state index contributed by atoms with van der Waals surface area (Å²) in [6.45, 7) is 4.47. The van der Waals surface area contributed by atoms with Gasteiger partial charge in [0.1, 0.15) is 0 Å². The molecule has 1 aromatic carbocycles. The zero-order valence-electron chi connectivity index (χ0n) is 18.0. The van der Waals surface area contributed by atoms with Crippen LogP contribution < -0.4 is 0 Å². The first kappa shape index (κ1) is 22.5. The van der Waals surface area contributed by atoms with Crippen molar-refractivity contribution in [3.8, 4) is 0 Å². The molecule has 0 saturated heterocycles. The summed E-state index contributed by atoms with van der Waals surface area (Å²) >= 11 is 1.67. The van der Waals surface area contributed by atoms with Crippen molar-refractivity contribution in [3.05, 3.63) is 57.8 Å². The fourth-order valence-corrected chi connectivity index (χ4v) is 4.54. The fourth-order valence-electron chi connectivity index (χ4n) is 3.62. The topological polar surface area (TPSA) is 49.9 Å². The maximum absolute atomic E-state index is 13.4. The molecule has 2 amide bonds. The minimum absolute atomic E-state index is 0.00302. The van der Waals surface area contributed by atoms with Crippen LogP contribution in [0.3, 0.4) is 0 Å². The number of aryl methyl sites for hydroxylation is 1. The Hall–Kier alpha value is -2.18. The van der Waals surface area contributed by atoms with Crippen molar-refractivity contribution in [2.45, 2.75) is 45.7 Å². The molecule has 5 nitrogen and oxygen atoms in total. The molecule has 1 saturated carbocycles. The number of benzene rings is 1. The molecule has 0 atom stereocenters. The molecular formula is C24H32N2O3S. The zero-order valence-corrected chi connectivity index (χ0v) is 18.8. The van der Waals surface area contributed by atoms with E-state index < -0.39 is 0 Å². The quantitative estimate of drug-likeness (QED) is 0.503. The van der Waals surface area contributed by atoms with E-state index in [4.69, 9.17) is 4.74 Å². The molecule has 0 bridgehead atoms. The van der Waals surface area contributed by atoms with Crippen molar-refractivity contribution in [2.24, 2.45) is 5.92 Å². The monoisotopic (exact) mass is 428 g/mol. The second-order valence-corrected chi connectivity index (χ2v) is 9.00. The minimum Gasteiger partial charge on any atom is -0.385 e. The first-order chi connectivity index (χ1) is 14.6. The number of hydrogen-bond acceptors (Lipinski definition) is 4. The van der Waals surface area contributed by atoms with Crippen LogP contribution in [0.4, 0.5) is 0 Å². The summed E-state index contributed by atoms with van der Waals surface area (Å²) < 4.78 is 5.16. The van der Waals surface area contributed by atoms with Crippen LogP contribution in [-0.4, -0.2) is 48.4 Å². The molecule has 1 heterocycles. The van der Waals surface area contributed by atoms with Crippen molar-refractivity contribution >= 4 is 23.2 Å². The SMILES string of the molecule is COCCCN(CC(=O)N(Cc1ccccc1)Cc1sccc1C)C(=O)C1CCC1. The summed E-state index contributed by atoms with van der Waals surface area (Å²) in [5.41, 5.74) is 2.30. The number of hydrogen-bond donors (Lipinski definition) is 0. The number of carbonyl (C=O) groups is 2. The van der Waals surface area contributed by atoms with Crippen molar-refractivity contribution in [3.63, 3.8) is 0 Å². The van der Waals surface area contributed by atoms with Gasteiger partial charge in [-0.25, -0.2) is 0 Å². The Balaban J connectivity index is 1.72. The maximum atomic E-state index is 13.4. The van der Waals surface area contributed by atoms with Gasteiger partial charge in [-0.15, -0.1) is 11.3 Å². The van der Waals surface area contributed by atoms with Crippen LogP contribution in [0.5, 0.6) is 0 Å². The summed E-state index contributed by atoms with van der Waals surface area (Å²) in [4.78, 5) is 31.1. The Bertz CT molecular complexity index is 817. The Labute approximate surface area is 183 Å². The lowest BCUT2D eigenvalue weighted by molar-refractivity contribution is -0.145. The third kappa shape index (κ3) is 6.16.